The van der Waals surface area contributed by atoms with Gasteiger partial charge in [-0.05, 0) is 41.8 Å². The second-order valence-corrected chi connectivity index (χ2v) is 4.44. The Morgan fingerprint density at radius 3 is 3.00 bits per heavy atom. The van der Waals surface area contributed by atoms with Gasteiger partial charge in [0.25, 0.3) is 5.91 Å². The summed E-state index contributed by atoms with van der Waals surface area (Å²) in [6, 6.07) is 3.88. The van der Waals surface area contributed by atoms with Crippen molar-refractivity contribution >= 4 is 22.8 Å². The highest BCUT2D eigenvalue weighted by atomic mass is 32.1. The number of carbonyl (C=O) groups is 1. The van der Waals surface area contributed by atoms with Crippen LogP contribution in [0.3, 0.4) is 0 Å². The van der Waals surface area contributed by atoms with E-state index in [0.717, 1.165) is 30.4 Å². The molecule has 0 fully saturated rings. The molecule has 0 atom stereocenters. The van der Waals surface area contributed by atoms with E-state index in [1.54, 1.807) is 11.3 Å². The zero-order valence-corrected chi connectivity index (χ0v) is 8.93. The summed E-state index contributed by atoms with van der Waals surface area (Å²) < 4.78 is 0. The molecule has 15 heavy (non-hydrogen) atoms. The summed E-state index contributed by atoms with van der Waals surface area (Å²) in [5.74, 6) is -0.619. The van der Waals surface area contributed by atoms with E-state index in [9.17, 15) is 4.79 Å². The summed E-state index contributed by atoms with van der Waals surface area (Å²) in [7, 11) is 0. The third kappa shape index (κ3) is 1.66. The molecule has 1 aliphatic rings. The first-order chi connectivity index (χ1) is 7.24. The fourth-order valence-electron chi connectivity index (χ4n) is 1.89. The maximum absolute atomic E-state index is 11.1. The first-order valence-electron chi connectivity index (χ1n) is 4.74. The van der Waals surface area contributed by atoms with Crippen LogP contribution in [0.4, 0.5) is 0 Å². The first kappa shape index (κ1) is 9.94. The van der Waals surface area contributed by atoms with Gasteiger partial charge < -0.3 is 5.73 Å². The lowest BCUT2D eigenvalue weighted by Crippen LogP contribution is -2.15. The zero-order valence-electron chi connectivity index (χ0n) is 8.12. The average Bonchev–Trinajstić information content (AvgIpc) is 2.66. The average molecular weight is 218 g/mol. The molecule has 2 N–H and O–H groups in total. The van der Waals surface area contributed by atoms with Gasteiger partial charge in [-0.2, -0.15) is 5.26 Å². The highest BCUT2D eigenvalue weighted by Crippen LogP contribution is 2.35. The van der Waals surface area contributed by atoms with Crippen molar-refractivity contribution < 1.29 is 4.79 Å². The molecular weight excluding hydrogens is 208 g/mol. The number of nitrogens with zero attached hydrogens (tertiary/aromatic N) is 1. The van der Waals surface area contributed by atoms with Gasteiger partial charge in [0.15, 0.2) is 0 Å². The SMILES string of the molecule is N#C/C(C(N)=O)=C1\CCCc2sccc21. The van der Waals surface area contributed by atoms with Crippen LogP contribution in [-0.4, -0.2) is 5.91 Å². The van der Waals surface area contributed by atoms with Crippen molar-refractivity contribution in [3.05, 3.63) is 27.5 Å². The molecule has 1 aromatic heterocycles. The maximum Gasteiger partial charge on any atom is 0.259 e. The Morgan fingerprint density at radius 2 is 2.33 bits per heavy atom. The Kier molecular flexibility index (Phi) is 2.57. The zero-order chi connectivity index (χ0) is 10.8. The number of hydrogen-bond donors (Lipinski definition) is 1. The van der Waals surface area contributed by atoms with E-state index in [1.165, 1.54) is 4.88 Å². The predicted octanol–water partition coefficient (Wildman–Crippen LogP) is 1.85. The molecule has 1 heterocycles. The van der Waals surface area contributed by atoms with Crippen LogP contribution in [0.25, 0.3) is 5.57 Å². The molecule has 0 bridgehead atoms. The van der Waals surface area contributed by atoms with Crippen molar-refractivity contribution in [1.82, 2.24) is 0 Å². The van der Waals surface area contributed by atoms with Gasteiger partial charge in [0.2, 0.25) is 0 Å². The fourth-order valence-corrected chi connectivity index (χ4v) is 2.84. The first-order valence-corrected chi connectivity index (χ1v) is 5.62. The molecule has 1 aromatic rings. The Balaban J connectivity index is 2.59. The predicted molar refractivity (Wildman–Crippen MR) is 59.0 cm³/mol. The van der Waals surface area contributed by atoms with E-state index >= 15 is 0 Å². The second kappa shape index (κ2) is 3.87. The van der Waals surface area contributed by atoms with E-state index < -0.39 is 5.91 Å². The van der Waals surface area contributed by atoms with Crippen molar-refractivity contribution in [3.63, 3.8) is 0 Å². The molecule has 1 aliphatic carbocycles. The van der Waals surface area contributed by atoms with Crippen LogP contribution in [0.5, 0.6) is 0 Å². The minimum absolute atomic E-state index is 0.120. The highest BCUT2D eigenvalue weighted by Gasteiger charge is 2.20. The van der Waals surface area contributed by atoms with Gasteiger partial charge in [0.1, 0.15) is 11.6 Å². The van der Waals surface area contributed by atoms with Crippen LogP contribution in [0, 0.1) is 11.3 Å². The molecule has 3 nitrogen and oxygen atoms in total. The molecule has 2 rings (SSSR count). The van der Waals surface area contributed by atoms with E-state index in [0.29, 0.717) is 0 Å². The maximum atomic E-state index is 11.1. The number of hydrogen-bond acceptors (Lipinski definition) is 3. The lowest BCUT2D eigenvalue weighted by molar-refractivity contribution is -0.114. The van der Waals surface area contributed by atoms with Gasteiger partial charge >= 0.3 is 0 Å². The molecular formula is C11H10N2OS. The summed E-state index contributed by atoms with van der Waals surface area (Å²) in [5.41, 5.74) is 7.18. The molecule has 0 saturated carbocycles. The Hall–Kier alpha value is -1.60. The van der Waals surface area contributed by atoms with Crippen molar-refractivity contribution in [2.45, 2.75) is 19.3 Å². The standard InChI is InChI=1S/C11H10N2OS/c12-6-9(11(13)14)7-2-1-3-10-8(7)4-5-15-10/h4-5H,1-3H2,(H2,13,14)/b9-7-. The lowest BCUT2D eigenvalue weighted by atomic mass is 9.90. The minimum Gasteiger partial charge on any atom is -0.365 e. The number of fused-ring (bicyclic) bond motifs is 1. The van der Waals surface area contributed by atoms with E-state index in [-0.39, 0.29) is 5.57 Å². The van der Waals surface area contributed by atoms with Crippen LogP contribution < -0.4 is 5.73 Å². The number of amides is 1. The third-order valence-corrected chi connectivity index (χ3v) is 3.54. The quantitative estimate of drug-likeness (QED) is 0.577. The Labute approximate surface area is 91.8 Å². The van der Waals surface area contributed by atoms with Crippen LogP contribution >= 0.6 is 11.3 Å². The van der Waals surface area contributed by atoms with E-state index in [4.69, 9.17) is 11.0 Å². The number of rotatable bonds is 1. The molecule has 0 aliphatic heterocycles. The number of primary amides is 1. The van der Waals surface area contributed by atoms with Crippen molar-refractivity contribution in [2.75, 3.05) is 0 Å². The Bertz CT molecular complexity index is 479. The molecule has 0 radical (unpaired) electrons. The lowest BCUT2D eigenvalue weighted by Gasteiger charge is -2.15. The van der Waals surface area contributed by atoms with Gasteiger partial charge in [-0.1, -0.05) is 0 Å². The van der Waals surface area contributed by atoms with E-state index in [2.05, 4.69) is 0 Å². The van der Waals surface area contributed by atoms with Gasteiger partial charge in [-0.25, -0.2) is 0 Å². The van der Waals surface area contributed by atoms with Gasteiger partial charge in [-0.15, -0.1) is 11.3 Å². The normalized spacial score (nSPS) is 17.8. The summed E-state index contributed by atoms with van der Waals surface area (Å²) in [5, 5.41) is 10.9. The van der Waals surface area contributed by atoms with Crippen molar-refractivity contribution in [1.29, 1.82) is 5.26 Å². The second-order valence-electron chi connectivity index (χ2n) is 3.44. The van der Waals surface area contributed by atoms with E-state index in [1.807, 2.05) is 17.5 Å². The number of aryl methyl sites for hydroxylation is 1. The van der Waals surface area contributed by atoms with Crippen LogP contribution in [-0.2, 0) is 11.2 Å². The molecule has 0 unspecified atom stereocenters. The van der Waals surface area contributed by atoms with Gasteiger partial charge in [-0.3, -0.25) is 4.79 Å². The topological polar surface area (TPSA) is 66.9 Å². The number of carbonyl (C=O) groups excluding carboxylic acids is 1. The number of allylic oxidation sites excluding steroid dienone is 1. The molecule has 0 spiro atoms. The summed E-state index contributed by atoms with van der Waals surface area (Å²) in [6.07, 6.45) is 2.80. The van der Waals surface area contributed by atoms with Gasteiger partial charge in [0.05, 0.1) is 0 Å². The van der Waals surface area contributed by atoms with Crippen LogP contribution in [0.15, 0.2) is 17.0 Å². The molecule has 4 heteroatoms. The van der Waals surface area contributed by atoms with Crippen LogP contribution in [0.2, 0.25) is 0 Å². The smallest absolute Gasteiger partial charge is 0.259 e. The molecule has 0 saturated heterocycles. The highest BCUT2D eigenvalue weighted by molar-refractivity contribution is 7.10. The number of thiophene rings is 1. The fraction of sp³-hybridized carbons (Fsp3) is 0.273. The number of nitriles is 1. The van der Waals surface area contributed by atoms with Gasteiger partial charge in [0, 0.05) is 4.88 Å². The minimum atomic E-state index is -0.619. The molecule has 76 valence electrons. The third-order valence-electron chi connectivity index (χ3n) is 2.56. The largest absolute Gasteiger partial charge is 0.365 e. The summed E-state index contributed by atoms with van der Waals surface area (Å²) >= 11 is 1.67. The molecule has 0 aromatic carbocycles. The monoisotopic (exact) mass is 218 g/mol. The molecule has 1 amide bonds. The number of nitrogens with two attached hydrogens (primary N) is 1. The van der Waals surface area contributed by atoms with Crippen molar-refractivity contribution in [3.8, 4) is 6.07 Å². The van der Waals surface area contributed by atoms with Crippen molar-refractivity contribution in [2.24, 2.45) is 5.73 Å². The Morgan fingerprint density at radius 1 is 1.53 bits per heavy atom. The van der Waals surface area contributed by atoms with Crippen LogP contribution in [0.1, 0.15) is 23.3 Å². The summed E-state index contributed by atoms with van der Waals surface area (Å²) in [4.78, 5) is 12.4. The summed E-state index contributed by atoms with van der Waals surface area (Å²) in [6.45, 7) is 0.